The van der Waals surface area contributed by atoms with Gasteiger partial charge in [-0.2, -0.15) is 0 Å². The minimum Gasteiger partial charge on any atom is -0.309 e. The lowest BCUT2D eigenvalue weighted by atomic mass is 9.87. The maximum Gasteiger partial charge on any atom is 0.0547 e. The van der Waals surface area contributed by atoms with Crippen molar-refractivity contribution in [3.05, 3.63) is 175 Å². The molecule has 1 nitrogen and oxygen atoms in total. The van der Waals surface area contributed by atoms with E-state index >= 15 is 0 Å². The summed E-state index contributed by atoms with van der Waals surface area (Å²) in [5.41, 5.74) is 10.2. The Morgan fingerprint density at radius 2 is 0.755 bits per heavy atom. The first-order valence-corrected chi connectivity index (χ1v) is 18.7. The highest BCUT2D eigenvalue weighted by atomic mass is 15.0. The van der Waals surface area contributed by atoms with Crippen LogP contribution in [-0.4, -0.2) is 4.57 Å². The molecule has 10 aromatic carbocycles. The predicted molar refractivity (Wildman–Crippen MR) is 229 cm³/mol. The average Bonchev–Trinajstić information content (AvgIpc) is 3.54. The Morgan fingerprint density at radius 1 is 0.340 bits per heavy atom. The van der Waals surface area contributed by atoms with E-state index in [9.17, 15) is 0 Å². The van der Waals surface area contributed by atoms with Crippen molar-refractivity contribution in [1.82, 2.24) is 4.57 Å². The molecule has 0 aliphatic carbocycles. The van der Waals surface area contributed by atoms with Crippen molar-refractivity contribution in [1.29, 1.82) is 0 Å². The van der Waals surface area contributed by atoms with Crippen LogP contribution in [0.15, 0.2) is 170 Å². The molecule has 11 rings (SSSR count). The third-order valence-electron chi connectivity index (χ3n) is 11.7. The number of rotatable bonds is 3. The number of nitrogens with zero attached hydrogens (tertiary/aromatic N) is 1. The van der Waals surface area contributed by atoms with E-state index in [2.05, 4.69) is 195 Å². The largest absolute Gasteiger partial charge is 0.309 e. The van der Waals surface area contributed by atoms with Gasteiger partial charge in [-0.1, -0.05) is 154 Å². The van der Waals surface area contributed by atoms with E-state index in [4.69, 9.17) is 0 Å². The minimum absolute atomic E-state index is 0.0849. The summed E-state index contributed by atoms with van der Waals surface area (Å²) in [4.78, 5) is 0. The van der Waals surface area contributed by atoms with E-state index in [1.54, 1.807) is 0 Å². The topological polar surface area (TPSA) is 4.93 Å². The van der Waals surface area contributed by atoms with Gasteiger partial charge in [-0.05, 0) is 123 Å². The van der Waals surface area contributed by atoms with Gasteiger partial charge in [0.2, 0.25) is 0 Å². The molecule has 53 heavy (non-hydrogen) atoms. The lowest BCUT2D eigenvalue weighted by Gasteiger charge is -2.19. The second kappa shape index (κ2) is 11.0. The molecule has 1 aromatic heterocycles. The highest BCUT2D eigenvalue weighted by Gasteiger charge is 2.23. The number of hydrogen-bond donors (Lipinski definition) is 0. The van der Waals surface area contributed by atoms with Crippen molar-refractivity contribution >= 4 is 75.7 Å². The van der Waals surface area contributed by atoms with Crippen molar-refractivity contribution in [3.8, 4) is 27.9 Å². The van der Waals surface area contributed by atoms with Crippen LogP contribution in [-0.2, 0) is 5.41 Å². The van der Waals surface area contributed by atoms with E-state index in [0.29, 0.717) is 0 Å². The Labute approximate surface area is 308 Å². The van der Waals surface area contributed by atoms with E-state index in [0.717, 1.165) is 0 Å². The van der Waals surface area contributed by atoms with Gasteiger partial charge < -0.3 is 4.57 Å². The second-order valence-corrected chi connectivity index (χ2v) is 15.7. The Bertz CT molecular complexity index is 3050. The fourth-order valence-electron chi connectivity index (χ4n) is 9.17. The molecular formula is C52H37N. The molecule has 0 atom stereocenters. The molecule has 0 unspecified atom stereocenters. The van der Waals surface area contributed by atoms with Crippen molar-refractivity contribution in [3.63, 3.8) is 0 Å². The summed E-state index contributed by atoms with van der Waals surface area (Å²) in [7, 11) is 0. The van der Waals surface area contributed by atoms with Crippen molar-refractivity contribution < 1.29 is 0 Å². The minimum atomic E-state index is 0.0849. The molecule has 1 heteroatoms. The molecule has 0 bridgehead atoms. The summed E-state index contributed by atoms with van der Waals surface area (Å²) in [6.07, 6.45) is 0. The molecular weight excluding hydrogens is 639 g/mol. The molecule has 0 N–H and O–H groups in total. The van der Waals surface area contributed by atoms with E-state index in [1.165, 1.54) is 109 Å². The Balaban J connectivity index is 1.26. The molecule has 0 spiro atoms. The first-order valence-electron chi connectivity index (χ1n) is 18.7. The predicted octanol–water partition coefficient (Wildman–Crippen LogP) is 14.6. The van der Waals surface area contributed by atoms with Gasteiger partial charge >= 0.3 is 0 Å². The molecule has 0 fully saturated rings. The maximum atomic E-state index is 2.49. The quantitative estimate of drug-likeness (QED) is 0.164. The van der Waals surface area contributed by atoms with Crippen LogP contribution in [0.3, 0.4) is 0 Å². The Hall–Kier alpha value is -6.44. The molecule has 250 valence electrons. The standard InChI is InChI=1S/C52H37N/c1-52(2,3)34-20-22-35(23-21-34)53-48-28-26-42(46-30-32-12-4-6-14-36(32)38-16-8-10-18-40(38)46)44-24-25-45-43(27-29-49(53)51(45)50(44)48)47-31-33-13-5-7-15-37(33)39-17-9-11-19-41(39)47/h4-31H,1-3H3. The summed E-state index contributed by atoms with van der Waals surface area (Å²) in [5, 5.41) is 15.5. The Kier molecular flexibility index (Phi) is 6.29. The lowest BCUT2D eigenvalue weighted by molar-refractivity contribution is 0.590. The molecule has 0 radical (unpaired) electrons. The van der Waals surface area contributed by atoms with Gasteiger partial charge in [-0.3, -0.25) is 0 Å². The molecule has 0 amide bonds. The van der Waals surface area contributed by atoms with Crippen LogP contribution in [0.25, 0.3) is 104 Å². The summed E-state index contributed by atoms with van der Waals surface area (Å²) >= 11 is 0. The number of fused-ring (bicyclic) bond motifs is 6. The van der Waals surface area contributed by atoms with Crippen LogP contribution in [0.2, 0.25) is 0 Å². The van der Waals surface area contributed by atoms with E-state index in [-0.39, 0.29) is 5.41 Å². The number of aromatic nitrogens is 1. The zero-order valence-corrected chi connectivity index (χ0v) is 30.1. The van der Waals surface area contributed by atoms with Crippen molar-refractivity contribution in [2.24, 2.45) is 0 Å². The van der Waals surface area contributed by atoms with Crippen LogP contribution >= 0.6 is 0 Å². The number of benzene rings is 10. The summed E-state index contributed by atoms with van der Waals surface area (Å²) in [5.74, 6) is 0. The molecule has 11 aromatic rings. The van der Waals surface area contributed by atoms with Crippen LogP contribution in [0.4, 0.5) is 0 Å². The SMILES string of the molecule is CC(C)(C)c1ccc(-n2c3ccc(-c4cc5ccccc5c5ccccc45)c4ccc5c(-c6cc7ccccc7c7ccccc67)ccc2c5c43)cc1. The highest BCUT2D eigenvalue weighted by molar-refractivity contribution is 6.30. The van der Waals surface area contributed by atoms with Crippen molar-refractivity contribution in [2.45, 2.75) is 26.2 Å². The van der Waals surface area contributed by atoms with Crippen LogP contribution < -0.4 is 0 Å². The number of hydrogen-bond acceptors (Lipinski definition) is 0. The van der Waals surface area contributed by atoms with Crippen LogP contribution in [0.5, 0.6) is 0 Å². The fourth-order valence-corrected chi connectivity index (χ4v) is 9.17. The fraction of sp³-hybridized carbons (Fsp3) is 0.0769. The van der Waals surface area contributed by atoms with Crippen LogP contribution in [0, 0.1) is 0 Å². The van der Waals surface area contributed by atoms with Gasteiger partial charge in [-0.25, -0.2) is 0 Å². The third-order valence-corrected chi connectivity index (χ3v) is 11.7. The third kappa shape index (κ3) is 4.38. The smallest absolute Gasteiger partial charge is 0.0547 e. The van der Waals surface area contributed by atoms with Gasteiger partial charge in [0.25, 0.3) is 0 Å². The monoisotopic (exact) mass is 675 g/mol. The van der Waals surface area contributed by atoms with Crippen molar-refractivity contribution in [2.75, 3.05) is 0 Å². The van der Waals surface area contributed by atoms with Gasteiger partial charge in [0.1, 0.15) is 0 Å². The summed E-state index contributed by atoms with van der Waals surface area (Å²) < 4.78 is 2.49. The zero-order chi connectivity index (χ0) is 35.4. The maximum absolute atomic E-state index is 2.49. The van der Waals surface area contributed by atoms with E-state index in [1.807, 2.05) is 0 Å². The second-order valence-electron chi connectivity index (χ2n) is 15.7. The zero-order valence-electron chi connectivity index (χ0n) is 30.1. The van der Waals surface area contributed by atoms with Gasteiger partial charge in [-0.15, -0.1) is 0 Å². The molecule has 0 aliphatic heterocycles. The lowest BCUT2D eigenvalue weighted by Crippen LogP contribution is -2.10. The van der Waals surface area contributed by atoms with Crippen LogP contribution in [0.1, 0.15) is 26.3 Å². The van der Waals surface area contributed by atoms with Gasteiger partial charge in [0.05, 0.1) is 11.0 Å². The first kappa shape index (κ1) is 30.2. The Morgan fingerprint density at radius 3 is 1.21 bits per heavy atom. The normalized spacial score (nSPS) is 12.4. The molecule has 0 saturated heterocycles. The molecule has 0 aliphatic rings. The van der Waals surface area contributed by atoms with Gasteiger partial charge in [0, 0.05) is 16.5 Å². The molecule has 1 heterocycles. The van der Waals surface area contributed by atoms with E-state index < -0.39 is 0 Å². The summed E-state index contributed by atoms with van der Waals surface area (Å²) in [6, 6.07) is 63.6. The first-order chi connectivity index (χ1) is 25.9. The highest BCUT2D eigenvalue weighted by Crippen LogP contribution is 2.48. The molecule has 0 saturated carbocycles. The summed E-state index contributed by atoms with van der Waals surface area (Å²) in [6.45, 7) is 6.85. The average molecular weight is 676 g/mol. The van der Waals surface area contributed by atoms with Gasteiger partial charge in [0.15, 0.2) is 0 Å².